The van der Waals surface area contributed by atoms with Gasteiger partial charge in [-0.25, -0.2) is 9.78 Å². The molecule has 21 heavy (non-hydrogen) atoms. The van der Waals surface area contributed by atoms with Gasteiger partial charge in [0.1, 0.15) is 11.4 Å². The Kier molecular flexibility index (Phi) is 5.59. The van der Waals surface area contributed by atoms with Crippen molar-refractivity contribution < 1.29 is 14.4 Å². The number of pyridine rings is 1. The van der Waals surface area contributed by atoms with Crippen molar-refractivity contribution in [2.45, 2.75) is 19.1 Å². The van der Waals surface area contributed by atoms with Crippen LogP contribution in [0.1, 0.15) is 17.3 Å². The molecular formula is C12H15BrN4O4. The van der Waals surface area contributed by atoms with Crippen molar-refractivity contribution in [3.8, 4) is 0 Å². The Morgan fingerprint density at radius 1 is 1.71 bits per heavy atom. The second kappa shape index (κ2) is 7.43. The molecule has 0 aromatic carbocycles. The normalized spacial score (nSPS) is 19.6. The van der Waals surface area contributed by atoms with E-state index in [1.54, 1.807) is 6.20 Å². The molecule has 2 unspecified atom stereocenters. The van der Waals surface area contributed by atoms with Gasteiger partial charge in [-0.1, -0.05) is 0 Å². The van der Waals surface area contributed by atoms with E-state index in [1.807, 2.05) is 6.92 Å². The Morgan fingerprint density at radius 2 is 2.52 bits per heavy atom. The third-order valence-corrected chi connectivity index (χ3v) is 3.51. The summed E-state index contributed by atoms with van der Waals surface area (Å²) in [7, 11) is 0. The molecule has 1 aromatic rings. The number of nitrogens with one attached hydrogen (secondary N) is 2. The molecule has 1 fully saturated rings. The highest BCUT2D eigenvalue weighted by atomic mass is 79.9. The fourth-order valence-electron chi connectivity index (χ4n) is 2.01. The smallest absolute Gasteiger partial charge is 0.373 e. The lowest BCUT2D eigenvalue weighted by Gasteiger charge is -2.29. The molecular weight excluding hydrogens is 344 g/mol. The summed E-state index contributed by atoms with van der Waals surface area (Å²) in [6, 6.07) is 1.43. The average molecular weight is 359 g/mol. The second-order valence-electron chi connectivity index (χ2n) is 4.55. The van der Waals surface area contributed by atoms with Gasteiger partial charge in [0.2, 0.25) is 0 Å². The molecule has 2 rings (SSSR count). The van der Waals surface area contributed by atoms with Crippen molar-refractivity contribution in [1.29, 1.82) is 0 Å². The lowest BCUT2D eigenvalue weighted by molar-refractivity contribution is 0.0200. The Labute approximate surface area is 129 Å². The summed E-state index contributed by atoms with van der Waals surface area (Å²) in [5, 5.41) is 8.48. The van der Waals surface area contributed by atoms with Crippen LogP contribution in [0.3, 0.4) is 0 Å². The van der Waals surface area contributed by atoms with Crippen LogP contribution >= 0.6 is 15.9 Å². The van der Waals surface area contributed by atoms with Gasteiger partial charge in [-0.15, -0.1) is 4.91 Å². The van der Waals surface area contributed by atoms with E-state index in [2.05, 4.69) is 41.7 Å². The summed E-state index contributed by atoms with van der Waals surface area (Å²) in [5.41, 5.74) is 0.125. The molecule has 0 saturated carbocycles. The minimum atomic E-state index is -0.865. The number of morpholine rings is 1. The number of hydrogen-bond acceptors (Lipinski definition) is 8. The number of rotatable bonds is 5. The van der Waals surface area contributed by atoms with Gasteiger partial charge in [-0.05, 0) is 28.9 Å². The van der Waals surface area contributed by atoms with Gasteiger partial charge in [0, 0.05) is 23.8 Å². The predicted molar refractivity (Wildman–Crippen MR) is 78.8 cm³/mol. The summed E-state index contributed by atoms with van der Waals surface area (Å²) in [6.07, 6.45) is 1.50. The van der Waals surface area contributed by atoms with Crippen LogP contribution < -0.4 is 10.6 Å². The maximum absolute atomic E-state index is 11.7. The zero-order valence-electron chi connectivity index (χ0n) is 11.3. The highest BCUT2D eigenvalue weighted by molar-refractivity contribution is 9.10. The molecule has 1 aliphatic heterocycles. The van der Waals surface area contributed by atoms with E-state index in [1.165, 1.54) is 6.07 Å². The molecule has 114 valence electrons. The van der Waals surface area contributed by atoms with Crippen LogP contribution in [0.5, 0.6) is 0 Å². The van der Waals surface area contributed by atoms with E-state index in [0.717, 1.165) is 6.54 Å². The van der Waals surface area contributed by atoms with Crippen molar-refractivity contribution >= 4 is 27.7 Å². The maximum Gasteiger partial charge on any atom is 0.373 e. The second-order valence-corrected chi connectivity index (χ2v) is 5.47. The molecule has 1 aliphatic rings. The van der Waals surface area contributed by atoms with Crippen molar-refractivity contribution in [1.82, 2.24) is 10.3 Å². The van der Waals surface area contributed by atoms with E-state index >= 15 is 0 Å². The number of hydrogen-bond donors (Lipinski definition) is 2. The van der Waals surface area contributed by atoms with Gasteiger partial charge < -0.3 is 15.4 Å². The van der Waals surface area contributed by atoms with E-state index in [-0.39, 0.29) is 17.7 Å². The molecule has 2 atom stereocenters. The van der Waals surface area contributed by atoms with Crippen LogP contribution in [0.25, 0.3) is 0 Å². The monoisotopic (exact) mass is 358 g/mol. The quantitative estimate of drug-likeness (QED) is 0.606. The molecule has 9 heteroatoms. The lowest BCUT2D eigenvalue weighted by Crippen LogP contribution is -2.47. The molecule has 2 N–H and O–H groups in total. The minimum Gasteiger partial charge on any atom is -0.373 e. The van der Waals surface area contributed by atoms with Crippen LogP contribution in [0.2, 0.25) is 0 Å². The SMILES string of the molecule is CC(Nc1ncc(Br)cc1C(=O)ON=O)C1CNCCO1. The van der Waals surface area contributed by atoms with Gasteiger partial charge in [-0.2, -0.15) is 0 Å². The van der Waals surface area contributed by atoms with Crippen LogP contribution in [0, 0.1) is 4.91 Å². The molecule has 0 radical (unpaired) electrons. The van der Waals surface area contributed by atoms with Crippen LogP contribution in [0.4, 0.5) is 5.82 Å². The summed E-state index contributed by atoms with van der Waals surface area (Å²) >= 11 is 3.22. The lowest BCUT2D eigenvalue weighted by atomic mass is 10.1. The highest BCUT2D eigenvalue weighted by Crippen LogP contribution is 2.21. The first-order valence-corrected chi connectivity index (χ1v) is 7.19. The van der Waals surface area contributed by atoms with Gasteiger partial charge in [-0.3, -0.25) is 4.84 Å². The van der Waals surface area contributed by atoms with Gasteiger partial charge in [0.25, 0.3) is 0 Å². The number of ether oxygens (including phenoxy) is 1. The highest BCUT2D eigenvalue weighted by Gasteiger charge is 2.23. The summed E-state index contributed by atoms with van der Waals surface area (Å²) in [6.45, 7) is 4.09. The van der Waals surface area contributed by atoms with Crippen molar-refractivity contribution in [3.05, 3.63) is 27.2 Å². The molecule has 0 bridgehead atoms. The molecule has 1 saturated heterocycles. The maximum atomic E-state index is 11.7. The van der Waals surface area contributed by atoms with Crippen molar-refractivity contribution in [2.75, 3.05) is 25.0 Å². The first-order valence-electron chi connectivity index (χ1n) is 6.40. The topological polar surface area (TPSA) is 102 Å². The summed E-state index contributed by atoms with van der Waals surface area (Å²) in [5.74, 6) is -0.551. The fraction of sp³-hybridized carbons (Fsp3) is 0.500. The molecule has 0 spiro atoms. The average Bonchev–Trinajstić information content (AvgIpc) is 2.50. The number of halogens is 1. The first kappa shape index (κ1) is 15.8. The molecule has 0 aliphatic carbocycles. The van der Waals surface area contributed by atoms with Crippen LogP contribution in [-0.4, -0.2) is 42.8 Å². The van der Waals surface area contributed by atoms with Crippen molar-refractivity contribution in [3.63, 3.8) is 0 Å². The molecule has 2 heterocycles. The Morgan fingerprint density at radius 3 is 3.19 bits per heavy atom. The fourth-order valence-corrected chi connectivity index (χ4v) is 2.34. The molecule has 1 aromatic heterocycles. The van der Waals surface area contributed by atoms with Gasteiger partial charge in [0.15, 0.2) is 5.34 Å². The number of nitrogens with zero attached hydrogens (tertiary/aromatic N) is 2. The zero-order valence-corrected chi connectivity index (χ0v) is 12.9. The molecule has 8 nitrogen and oxygen atoms in total. The first-order chi connectivity index (χ1) is 10.1. The van der Waals surface area contributed by atoms with E-state index in [9.17, 15) is 9.70 Å². The number of carbonyl (C=O) groups is 1. The summed E-state index contributed by atoms with van der Waals surface area (Å²) < 4.78 is 6.23. The third-order valence-electron chi connectivity index (χ3n) is 3.07. The predicted octanol–water partition coefficient (Wildman–Crippen LogP) is 1.47. The Bertz CT molecular complexity index is 522. The summed E-state index contributed by atoms with van der Waals surface area (Å²) in [4.78, 5) is 30.1. The third kappa shape index (κ3) is 4.19. The number of carbonyl (C=O) groups excluding carboxylic acids is 1. The van der Waals surface area contributed by atoms with E-state index < -0.39 is 5.97 Å². The van der Waals surface area contributed by atoms with Gasteiger partial charge in [0.05, 0.1) is 18.8 Å². The van der Waals surface area contributed by atoms with E-state index in [0.29, 0.717) is 23.4 Å². The zero-order chi connectivity index (χ0) is 15.2. The van der Waals surface area contributed by atoms with Crippen molar-refractivity contribution in [2.24, 2.45) is 5.34 Å². The van der Waals surface area contributed by atoms with Crippen LogP contribution in [-0.2, 0) is 9.57 Å². The number of anilines is 1. The Hall–Kier alpha value is -1.58. The minimum absolute atomic E-state index is 0.0442. The molecule has 0 amide bonds. The number of aromatic nitrogens is 1. The largest absolute Gasteiger partial charge is 0.373 e. The standard InChI is InChI=1S/C12H15BrN4O4/c1-7(10-6-14-2-3-20-10)16-11-9(12(18)21-17-19)4-8(13)5-15-11/h4-5,7,10,14H,2-3,6H2,1H3,(H,15,16). The van der Waals surface area contributed by atoms with Crippen LogP contribution in [0.15, 0.2) is 22.1 Å². The van der Waals surface area contributed by atoms with Gasteiger partial charge >= 0.3 is 5.97 Å². The van der Waals surface area contributed by atoms with E-state index in [4.69, 9.17) is 4.74 Å². The Balaban J connectivity index is 2.14.